The monoisotopic (exact) mass is 354 g/mol. The van der Waals surface area contributed by atoms with Crippen LogP contribution in [0.4, 0.5) is 0 Å². The lowest BCUT2D eigenvalue weighted by Crippen LogP contribution is -2.13. The van der Waals surface area contributed by atoms with Crippen molar-refractivity contribution in [1.29, 1.82) is 0 Å². The first-order chi connectivity index (χ1) is 10.4. The minimum atomic E-state index is -0.383. The SMILES string of the molecule is Cc1nc(SC(C)C(=O)c2cccc(Cl)c2)sc1CC(N)=O. The van der Waals surface area contributed by atoms with E-state index < -0.39 is 0 Å². The first-order valence-corrected chi connectivity index (χ1v) is 8.65. The number of carbonyl (C=O) groups excluding carboxylic acids is 2. The molecule has 1 atom stereocenters. The van der Waals surface area contributed by atoms with Crippen LogP contribution in [0.5, 0.6) is 0 Å². The van der Waals surface area contributed by atoms with Crippen molar-refractivity contribution in [2.75, 3.05) is 0 Å². The highest BCUT2D eigenvalue weighted by Gasteiger charge is 2.19. The van der Waals surface area contributed by atoms with Crippen LogP contribution < -0.4 is 5.73 Å². The molecule has 0 aliphatic carbocycles. The maximum absolute atomic E-state index is 12.4. The van der Waals surface area contributed by atoms with Gasteiger partial charge < -0.3 is 5.73 Å². The van der Waals surface area contributed by atoms with Gasteiger partial charge in [0.25, 0.3) is 0 Å². The lowest BCUT2D eigenvalue weighted by molar-refractivity contribution is -0.117. The molecule has 0 fully saturated rings. The highest BCUT2D eigenvalue weighted by Crippen LogP contribution is 2.32. The van der Waals surface area contributed by atoms with Crippen molar-refractivity contribution in [3.8, 4) is 0 Å². The second-order valence-corrected chi connectivity index (χ2v) is 7.87. The second kappa shape index (κ2) is 7.26. The van der Waals surface area contributed by atoms with Gasteiger partial charge in [0.2, 0.25) is 5.91 Å². The fourth-order valence-electron chi connectivity index (χ4n) is 1.86. The summed E-state index contributed by atoms with van der Waals surface area (Å²) in [4.78, 5) is 28.6. The third-order valence-electron chi connectivity index (χ3n) is 2.96. The van der Waals surface area contributed by atoms with Crippen molar-refractivity contribution in [3.05, 3.63) is 45.4 Å². The van der Waals surface area contributed by atoms with Crippen LogP contribution in [-0.4, -0.2) is 21.9 Å². The van der Waals surface area contributed by atoms with Gasteiger partial charge in [-0.15, -0.1) is 11.3 Å². The zero-order valence-corrected chi connectivity index (χ0v) is 14.5. The molecular formula is C15H15ClN2O2S2. The lowest BCUT2D eigenvalue weighted by Gasteiger charge is -2.08. The van der Waals surface area contributed by atoms with Gasteiger partial charge in [0.15, 0.2) is 10.1 Å². The Hall–Kier alpha value is -1.37. The fourth-order valence-corrected chi connectivity index (χ4v) is 4.51. The third kappa shape index (κ3) is 4.32. The number of aromatic nitrogens is 1. The average Bonchev–Trinajstić information content (AvgIpc) is 2.77. The van der Waals surface area contributed by atoms with Crippen LogP contribution in [0.1, 0.15) is 27.9 Å². The largest absolute Gasteiger partial charge is 0.369 e. The molecule has 7 heteroatoms. The van der Waals surface area contributed by atoms with Gasteiger partial charge in [-0.3, -0.25) is 9.59 Å². The molecule has 1 aromatic heterocycles. The van der Waals surface area contributed by atoms with Crippen LogP contribution >= 0.6 is 34.7 Å². The van der Waals surface area contributed by atoms with Crippen LogP contribution in [0, 0.1) is 6.92 Å². The summed E-state index contributed by atoms with van der Waals surface area (Å²) in [7, 11) is 0. The Morgan fingerprint density at radius 2 is 2.18 bits per heavy atom. The molecule has 1 heterocycles. The number of aryl methyl sites for hydroxylation is 1. The van der Waals surface area contributed by atoms with E-state index in [9.17, 15) is 9.59 Å². The first-order valence-electron chi connectivity index (χ1n) is 6.58. The molecule has 0 aliphatic heterocycles. The number of rotatable bonds is 6. The number of primary amides is 1. The number of benzene rings is 1. The van der Waals surface area contributed by atoms with Gasteiger partial charge in [-0.1, -0.05) is 35.5 Å². The zero-order valence-electron chi connectivity index (χ0n) is 12.1. The Morgan fingerprint density at radius 3 is 2.82 bits per heavy atom. The summed E-state index contributed by atoms with van der Waals surface area (Å²) in [6.07, 6.45) is 0.181. The molecule has 1 aromatic carbocycles. The average molecular weight is 355 g/mol. The summed E-state index contributed by atoms with van der Waals surface area (Å²) < 4.78 is 0.761. The molecule has 4 nitrogen and oxygen atoms in total. The molecule has 0 aliphatic rings. The zero-order chi connectivity index (χ0) is 16.3. The number of thioether (sulfide) groups is 1. The van der Waals surface area contributed by atoms with Gasteiger partial charge in [-0.2, -0.15) is 0 Å². The summed E-state index contributed by atoms with van der Waals surface area (Å²) in [5.41, 5.74) is 6.58. The van der Waals surface area contributed by atoms with Crippen molar-refractivity contribution >= 4 is 46.4 Å². The normalized spacial score (nSPS) is 12.1. The smallest absolute Gasteiger partial charge is 0.222 e. The number of halogens is 1. The molecule has 0 saturated carbocycles. The van der Waals surface area contributed by atoms with Crippen molar-refractivity contribution in [1.82, 2.24) is 4.98 Å². The minimum absolute atomic E-state index is 0.00296. The summed E-state index contributed by atoms with van der Waals surface area (Å²) >= 11 is 8.70. The number of hydrogen-bond donors (Lipinski definition) is 1. The van der Waals surface area contributed by atoms with Crippen LogP contribution in [0.3, 0.4) is 0 Å². The van der Waals surface area contributed by atoms with E-state index in [2.05, 4.69) is 4.98 Å². The van der Waals surface area contributed by atoms with Crippen LogP contribution in [0.25, 0.3) is 0 Å². The fraction of sp³-hybridized carbons (Fsp3) is 0.267. The summed E-state index contributed by atoms with van der Waals surface area (Å²) in [5.74, 6) is -0.386. The molecule has 2 rings (SSSR count). The molecule has 22 heavy (non-hydrogen) atoms. The molecule has 0 saturated heterocycles. The molecule has 0 radical (unpaired) electrons. The van der Waals surface area contributed by atoms with Crippen LogP contribution in [0.15, 0.2) is 28.6 Å². The van der Waals surface area contributed by atoms with E-state index in [1.165, 1.54) is 23.1 Å². The number of Topliss-reactive ketones (excluding diaryl/α,β-unsaturated/α-hetero) is 1. The van der Waals surface area contributed by atoms with E-state index >= 15 is 0 Å². The van der Waals surface area contributed by atoms with Gasteiger partial charge in [0.05, 0.1) is 17.4 Å². The van der Waals surface area contributed by atoms with Gasteiger partial charge in [0.1, 0.15) is 0 Å². The van der Waals surface area contributed by atoms with E-state index in [1.54, 1.807) is 24.3 Å². The van der Waals surface area contributed by atoms with E-state index in [4.69, 9.17) is 17.3 Å². The predicted octanol–water partition coefficient (Wildman–Crippen LogP) is 3.50. The Morgan fingerprint density at radius 1 is 1.45 bits per heavy atom. The van der Waals surface area contributed by atoms with Crippen molar-refractivity contribution in [2.45, 2.75) is 29.9 Å². The first kappa shape index (κ1) is 17.0. The Balaban J connectivity index is 2.10. The molecular weight excluding hydrogens is 340 g/mol. The lowest BCUT2D eigenvalue weighted by atomic mass is 10.1. The maximum Gasteiger partial charge on any atom is 0.222 e. The van der Waals surface area contributed by atoms with Gasteiger partial charge in [0, 0.05) is 15.5 Å². The minimum Gasteiger partial charge on any atom is -0.369 e. The van der Waals surface area contributed by atoms with E-state index in [-0.39, 0.29) is 23.4 Å². The van der Waals surface area contributed by atoms with Crippen molar-refractivity contribution < 1.29 is 9.59 Å². The van der Waals surface area contributed by atoms with Crippen LogP contribution in [-0.2, 0) is 11.2 Å². The van der Waals surface area contributed by atoms with Gasteiger partial charge >= 0.3 is 0 Å². The summed E-state index contributed by atoms with van der Waals surface area (Å²) in [5, 5.41) is 0.252. The number of thiazole rings is 1. The quantitative estimate of drug-likeness (QED) is 0.636. The van der Waals surface area contributed by atoms with Crippen molar-refractivity contribution in [2.24, 2.45) is 5.73 Å². The third-order valence-corrected chi connectivity index (χ3v) is 5.55. The van der Waals surface area contributed by atoms with Crippen molar-refractivity contribution in [3.63, 3.8) is 0 Å². The van der Waals surface area contributed by atoms with E-state index in [0.717, 1.165) is 14.9 Å². The van der Waals surface area contributed by atoms with Gasteiger partial charge in [-0.25, -0.2) is 4.98 Å². The number of nitrogens with two attached hydrogens (primary N) is 1. The number of amides is 1. The molecule has 0 spiro atoms. The number of carbonyl (C=O) groups is 2. The van der Waals surface area contributed by atoms with Crippen LogP contribution in [0.2, 0.25) is 5.02 Å². The van der Waals surface area contributed by atoms with E-state index in [1.807, 2.05) is 13.8 Å². The number of nitrogens with zero attached hydrogens (tertiary/aromatic N) is 1. The highest BCUT2D eigenvalue weighted by molar-refractivity contribution is 8.02. The molecule has 2 N–H and O–H groups in total. The Bertz CT molecular complexity index is 715. The molecule has 2 aromatic rings. The summed E-state index contributed by atoms with van der Waals surface area (Å²) in [6, 6.07) is 6.89. The highest BCUT2D eigenvalue weighted by atomic mass is 35.5. The predicted molar refractivity (Wildman–Crippen MR) is 90.9 cm³/mol. The molecule has 1 amide bonds. The molecule has 1 unspecified atom stereocenters. The standard InChI is InChI=1S/C15H15ClN2O2S2/c1-8-12(7-13(17)19)22-15(18-8)21-9(2)14(20)10-4-3-5-11(16)6-10/h3-6,9H,7H2,1-2H3,(H2,17,19). The van der Waals surface area contributed by atoms with E-state index in [0.29, 0.717) is 10.6 Å². The maximum atomic E-state index is 12.4. The topological polar surface area (TPSA) is 73.1 Å². The molecule has 116 valence electrons. The number of ketones is 1. The number of hydrogen-bond acceptors (Lipinski definition) is 5. The Labute approximate surface area is 142 Å². The second-order valence-electron chi connectivity index (χ2n) is 4.77. The molecule has 0 bridgehead atoms. The van der Waals surface area contributed by atoms with Gasteiger partial charge in [-0.05, 0) is 26.0 Å². The Kier molecular flexibility index (Phi) is 5.61. The summed E-state index contributed by atoms with van der Waals surface area (Å²) in [6.45, 7) is 3.67.